The van der Waals surface area contributed by atoms with Gasteiger partial charge in [-0.3, -0.25) is 10.1 Å². The normalized spacial score (nSPS) is 32.9. The quantitative estimate of drug-likeness (QED) is 0.457. The fraction of sp³-hybridized carbons (Fsp3) is 0.556. The van der Waals surface area contributed by atoms with Gasteiger partial charge in [0.15, 0.2) is 0 Å². The smallest absolute Gasteiger partial charge is 0.322 e. The summed E-state index contributed by atoms with van der Waals surface area (Å²) < 4.78 is 0. The van der Waals surface area contributed by atoms with E-state index in [0.29, 0.717) is 0 Å². The Kier molecular flexibility index (Phi) is 2.04. The first-order valence-corrected chi connectivity index (χ1v) is 4.54. The molecule has 2 aliphatic rings. The molecule has 0 aromatic rings. The van der Waals surface area contributed by atoms with Crippen LogP contribution in [0.2, 0.25) is 0 Å². The molecule has 2 rings (SSSR count). The molecule has 1 heterocycles. The van der Waals surface area contributed by atoms with E-state index in [4.69, 9.17) is 0 Å². The van der Waals surface area contributed by atoms with Crippen molar-refractivity contribution in [2.45, 2.75) is 25.3 Å². The van der Waals surface area contributed by atoms with E-state index >= 15 is 0 Å². The number of hydrogen-bond donors (Lipinski definition) is 2. The van der Waals surface area contributed by atoms with Gasteiger partial charge in [0, 0.05) is 0 Å². The van der Waals surface area contributed by atoms with Crippen LogP contribution < -0.4 is 10.6 Å². The van der Waals surface area contributed by atoms with Gasteiger partial charge in [-0.2, -0.15) is 0 Å². The molecule has 0 bridgehead atoms. The van der Waals surface area contributed by atoms with Gasteiger partial charge in [-0.25, -0.2) is 4.79 Å². The summed E-state index contributed by atoms with van der Waals surface area (Å²) in [5.41, 5.74) is 0. The lowest BCUT2D eigenvalue weighted by atomic mass is 9.88. The predicted octanol–water partition coefficient (Wildman–Crippen LogP) is 0.551. The molecule has 0 radical (unpaired) electrons. The third-order valence-corrected chi connectivity index (χ3v) is 2.59. The Balaban J connectivity index is 2.04. The SMILES string of the molecule is O=C1NC(=O)[C@H]([C@@H]2CC=CCC2)N1. The van der Waals surface area contributed by atoms with Gasteiger partial charge in [0.25, 0.3) is 5.91 Å². The zero-order valence-electron chi connectivity index (χ0n) is 7.25. The van der Waals surface area contributed by atoms with Crippen molar-refractivity contribution < 1.29 is 9.59 Å². The van der Waals surface area contributed by atoms with E-state index in [9.17, 15) is 9.59 Å². The highest BCUT2D eigenvalue weighted by Crippen LogP contribution is 2.23. The fourth-order valence-electron chi connectivity index (χ4n) is 1.88. The Labute approximate surface area is 76.4 Å². The topological polar surface area (TPSA) is 58.2 Å². The van der Waals surface area contributed by atoms with Gasteiger partial charge in [-0.1, -0.05) is 12.2 Å². The molecule has 4 heteroatoms. The third kappa shape index (κ3) is 1.56. The molecule has 2 atom stereocenters. The van der Waals surface area contributed by atoms with Gasteiger partial charge in [0.05, 0.1) is 0 Å². The molecule has 4 nitrogen and oxygen atoms in total. The fourth-order valence-corrected chi connectivity index (χ4v) is 1.88. The zero-order chi connectivity index (χ0) is 9.26. The maximum absolute atomic E-state index is 11.3. The standard InChI is InChI=1S/C9H12N2O2/c12-8-7(10-9(13)11-8)6-4-2-1-3-5-6/h1-2,6-7H,3-5H2,(H2,10,11,12,13)/t6-,7+/m1/s1. The average Bonchev–Trinajstić information content (AvgIpc) is 2.47. The maximum Gasteiger partial charge on any atom is 0.322 e. The van der Waals surface area contributed by atoms with E-state index in [-0.39, 0.29) is 23.9 Å². The van der Waals surface area contributed by atoms with Crippen molar-refractivity contribution in [3.8, 4) is 0 Å². The van der Waals surface area contributed by atoms with E-state index in [1.807, 2.05) is 0 Å². The Hall–Kier alpha value is -1.32. The Morgan fingerprint density at radius 1 is 1.31 bits per heavy atom. The van der Waals surface area contributed by atoms with Crippen LogP contribution in [0, 0.1) is 5.92 Å². The first kappa shape index (κ1) is 8.29. The summed E-state index contributed by atoms with van der Waals surface area (Å²) in [4.78, 5) is 22.1. The number of carbonyl (C=O) groups is 2. The molecule has 70 valence electrons. The van der Waals surface area contributed by atoms with Crippen LogP contribution in [0.3, 0.4) is 0 Å². The monoisotopic (exact) mass is 180 g/mol. The summed E-state index contributed by atoms with van der Waals surface area (Å²) in [5.74, 6) is 0.0988. The maximum atomic E-state index is 11.3. The summed E-state index contributed by atoms with van der Waals surface area (Å²) in [6.45, 7) is 0. The number of rotatable bonds is 1. The van der Waals surface area contributed by atoms with E-state index in [1.54, 1.807) is 0 Å². The number of hydrogen-bond acceptors (Lipinski definition) is 2. The van der Waals surface area contributed by atoms with Gasteiger partial charge >= 0.3 is 6.03 Å². The van der Waals surface area contributed by atoms with Gasteiger partial charge in [0.1, 0.15) is 6.04 Å². The first-order valence-electron chi connectivity index (χ1n) is 4.54. The van der Waals surface area contributed by atoms with Crippen LogP contribution in [0.25, 0.3) is 0 Å². The second-order valence-electron chi connectivity index (χ2n) is 3.48. The molecule has 1 aliphatic carbocycles. The predicted molar refractivity (Wildman–Crippen MR) is 46.9 cm³/mol. The lowest BCUT2D eigenvalue weighted by molar-refractivity contribution is -0.121. The van der Waals surface area contributed by atoms with Crippen molar-refractivity contribution in [1.29, 1.82) is 0 Å². The Morgan fingerprint density at radius 2 is 2.15 bits per heavy atom. The van der Waals surface area contributed by atoms with Crippen LogP contribution in [-0.4, -0.2) is 18.0 Å². The number of imide groups is 1. The molecule has 0 saturated carbocycles. The molecule has 0 aromatic heterocycles. The molecule has 1 saturated heterocycles. The molecule has 1 aliphatic heterocycles. The molecule has 0 aromatic carbocycles. The minimum Gasteiger partial charge on any atom is -0.326 e. The minimum atomic E-state index is -0.357. The number of amides is 3. The third-order valence-electron chi connectivity index (χ3n) is 2.59. The van der Waals surface area contributed by atoms with Gasteiger partial charge in [0.2, 0.25) is 0 Å². The average molecular weight is 180 g/mol. The Morgan fingerprint density at radius 3 is 2.69 bits per heavy atom. The summed E-state index contributed by atoms with van der Waals surface area (Å²) in [6.07, 6.45) is 7.06. The molecule has 0 spiro atoms. The van der Waals surface area contributed by atoms with Crippen LogP contribution in [0.1, 0.15) is 19.3 Å². The van der Waals surface area contributed by atoms with Crippen LogP contribution >= 0.6 is 0 Å². The zero-order valence-corrected chi connectivity index (χ0v) is 7.25. The van der Waals surface area contributed by atoms with Gasteiger partial charge < -0.3 is 5.32 Å². The number of allylic oxidation sites excluding steroid dienone is 2. The Bertz CT molecular complexity index is 273. The lowest BCUT2D eigenvalue weighted by Crippen LogP contribution is -2.37. The van der Waals surface area contributed by atoms with E-state index in [2.05, 4.69) is 22.8 Å². The first-order chi connectivity index (χ1) is 6.27. The van der Waals surface area contributed by atoms with Crippen LogP contribution in [-0.2, 0) is 4.79 Å². The highest BCUT2D eigenvalue weighted by molar-refractivity contribution is 6.04. The van der Waals surface area contributed by atoms with E-state index in [0.717, 1.165) is 19.3 Å². The van der Waals surface area contributed by atoms with Crippen molar-refractivity contribution in [1.82, 2.24) is 10.6 Å². The van der Waals surface area contributed by atoms with Crippen LogP contribution in [0.15, 0.2) is 12.2 Å². The molecular weight excluding hydrogens is 168 g/mol. The van der Waals surface area contributed by atoms with Crippen molar-refractivity contribution in [2.75, 3.05) is 0 Å². The van der Waals surface area contributed by atoms with Gasteiger partial charge in [-0.15, -0.1) is 0 Å². The molecule has 3 amide bonds. The van der Waals surface area contributed by atoms with Crippen molar-refractivity contribution in [3.05, 3.63) is 12.2 Å². The summed E-state index contributed by atoms with van der Waals surface area (Å²) >= 11 is 0. The molecule has 2 N–H and O–H groups in total. The number of urea groups is 1. The second kappa shape index (κ2) is 3.20. The summed E-state index contributed by atoms with van der Waals surface area (Å²) in [5, 5.41) is 4.89. The highest BCUT2D eigenvalue weighted by atomic mass is 16.2. The second-order valence-corrected chi connectivity index (χ2v) is 3.48. The molecule has 13 heavy (non-hydrogen) atoms. The largest absolute Gasteiger partial charge is 0.326 e. The molecule has 1 fully saturated rings. The molecular formula is C9H12N2O2. The van der Waals surface area contributed by atoms with Crippen molar-refractivity contribution in [3.63, 3.8) is 0 Å². The van der Waals surface area contributed by atoms with Gasteiger partial charge in [-0.05, 0) is 25.2 Å². The molecule has 0 unspecified atom stereocenters. The van der Waals surface area contributed by atoms with Crippen LogP contribution in [0.5, 0.6) is 0 Å². The summed E-state index contributed by atoms with van der Waals surface area (Å²) in [6, 6.07) is -0.665. The van der Waals surface area contributed by atoms with Crippen molar-refractivity contribution >= 4 is 11.9 Å². The number of carbonyl (C=O) groups excluding carboxylic acids is 2. The highest BCUT2D eigenvalue weighted by Gasteiger charge is 2.35. The van der Waals surface area contributed by atoms with Crippen molar-refractivity contribution in [2.24, 2.45) is 5.92 Å². The van der Waals surface area contributed by atoms with Crippen LogP contribution in [0.4, 0.5) is 4.79 Å². The number of nitrogens with one attached hydrogen (secondary N) is 2. The van der Waals surface area contributed by atoms with E-state index < -0.39 is 0 Å². The lowest BCUT2D eigenvalue weighted by Gasteiger charge is -2.21. The van der Waals surface area contributed by atoms with E-state index in [1.165, 1.54) is 0 Å². The minimum absolute atomic E-state index is 0.176. The summed E-state index contributed by atoms with van der Waals surface area (Å²) in [7, 11) is 0.